The summed E-state index contributed by atoms with van der Waals surface area (Å²) in [7, 11) is 0. The summed E-state index contributed by atoms with van der Waals surface area (Å²) in [5.41, 5.74) is 2.60. The number of hydrogen-bond donors (Lipinski definition) is 2. The molecule has 0 saturated carbocycles. The van der Waals surface area contributed by atoms with Gasteiger partial charge in [0.15, 0.2) is 23.1 Å². The quantitative estimate of drug-likeness (QED) is 0.350. The molecule has 2 N–H and O–H groups in total. The molecule has 0 amide bonds. The van der Waals surface area contributed by atoms with E-state index in [2.05, 4.69) is 56.4 Å². The average Bonchev–Trinajstić information content (AvgIpc) is 3.30. The van der Waals surface area contributed by atoms with E-state index in [1.807, 2.05) is 56.3 Å². The van der Waals surface area contributed by atoms with Crippen LogP contribution in [0, 0.1) is 0 Å². The standard InChI is InChI=1S/C19H22FN3O.C9H11BrN2O/c1-19(2)12-21-18-17(24-19)7-6-16(22-18)13-4-3-5-15(10-13)23-9-8-14(20)11-23;1-9(2)5-11-8-6(13-9)3-4-7(10)12-8/h3-7,10,14H,8-9,11-12H2,1-2H3,(H,21,22);3-4H,5H2,1-2H3,(H,11,12)/t14-;/m0./s1. The van der Waals surface area contributed by atoms with E-state index in [1.54, 1.807) is 0 Å². The third kappa shape index (κ3) is 6.09. The number of aromatic nitrogens is 2. The summed E-state index contributed by atoms with van der Waals surface area (Å²) < 4.78 is 26.0. The molecule has 0 radical (unpaired) electrons. The van der Waals surface area contributed by atoms with Crippen LogP contribution in [0.1, 0.15) is 34.1 Å². The highest BCUT2D eigenvalue weighted by atomic mass is 79.9. The van der Waals surface area contributed by atoms with E-state index in [0.29, 0.717) is 13.0 Å². The Kier molecular flexibility index (Phi) is 6.91. The molecular weight excluding hydrogens is 537 g/mol. The molecule has 0 aliphatic carbocycles. The number of nitrogens with one attached hydrogen (secondary N) is 2. The lowest BCUT2D eigenvalue weighted by Crippen LogP contribution is -2.40. The van der Waals surface area contributed by atoms with E-state index >= 15 is 0 Å². The van der Waals surface area contributed by atoms with Gasteiger partial charge in [0.25, 0.3) is 0 Å². The van der Waals surface area contributed by atoms with E-state index in [9.17, 15) is 4.39 Å². The van der Waals surface area contributed by atoms with Crippen molar-refractivity contribution in [2.75, 3.05) is 41.7 Å². The molecule has 3 aliphatic heterocycles. The first-order valence-electron chi connectivity index (χ1n) is 12.6. The Morgan fingerprint density at radius 3 is 2.22 bits per heavy atom. The monoisotopic (exact) mass is 569 g/mol. The Hall–Kier alpha value is -3.07. The van der Waals surface area contributed by atoms with Crippen LogP contribution in [-0.2, 0) is 0 Å². The smallest absolute Gasteiger partial charge is 0.170 e. The molecule has 5 heterocycles. The van der Waals surface area contributed by atoms with Crippen molar-refractivity contribution in [1.82, 2.24) is 9.97 Å². The molecular formula is C28H33BrFN5O2. The van der Waals surface area contributed by atoms with E-state index in [1.165, 1.54) is 0 Å². The number of anilines is 3. The number of alkyl halides is 1. The van der Waals surface area contributed by atoms with Crippen molar-refractivity contribution >= 4 is 33.3 Å². The zero-order chi connectivity index (χ0) is 26.2. The van der Waals surface area contributed by atoms with E-state index in [4.69, 9.17) is 14.5 Å². The van der Waals surface area contributed by atoms with Crippen molar-refractivity contribution in [3.8, 4) is 22.8 Å². The maximum absolute atomic E-state index is 13.5. The average molecular weight is 571 g/mol. The van der Waals surface area contributed by atoms with Gasteiger partial charge in [0.1, 0.15) is 22.0 Å². The maximum Gasteiger partial charge on any atom is 0.170 e. The van der Waals surface area contributed by atoms with E-state index < -0.39 is 6.17 Å². The summed E-state index contributed by atoms with van der Waals surface area (Å²) in [5.74, 6) is 3.20. The van der Waals surface area contributed by atoms with Gasteiger partial charge in [-0.2, -0.15) is 0 Å². The Bertz CT molecular complexity index is 1290. The number of nitrogens with zero attached hydrogens (tertiary/aromatic N) is 3. The van der Waals surface area contributed by atoms with Gasteiger partial charge in [-0.25, -0.2) is 14.4 Å². The van der Waals surface area contributed by atoms with Crippen molar-refractivity contribution in [1.29, 1.82) is 0 Å². The summed E-state index contributed by atoms with van der Waals surface area (Å²) in [6.07, 6.45) is -0.113. The van der Waals surface area contributed by atoms with Crippen molar-refractivity contribution < 1.29 is 13.9 Å². The minimum absolute atomic E-state index is 0.150. The van der Waals surface area contributed by atoms with Crippen molar-refractivity contribution in [2.24, 2.45) is 0 Å². The van der Waals surface area contributed by atoms with Crippen molar-refractivity contribution in [3.05, 3.63) is 53.1 Å². The lowest BCUT2D eigenvalue weighted by Gasteiger charge is -2.32. The van der Waals surface area contributed by atoms with Crippen LogP contribution in [-0.4, -0.2) is 53.5 Å². The van der Waals surface area contributed by atoms with Gasteiger partial charge < -0.3 is 25.0 Å². The Morgan fingerprint density at radius 2 is 1.57 bits per heavy atom. The minimum atomic E-state index is -0.722. The lowest BCUT2D eigenvalue weighted by molar-refractivity contribution is 0.115. The van der Waals surface area contributed by atoms with Crippen molar-refractivity contribution in [3.63, 3.8) is 0 Å². The largest absolute Gasteiger partial charge is 0.482 e. The molecule has 9 heteroatoms. The second-order valence-corrected chi connectivity index (χ2v) is 11.6. The van der Waals surface area contributed by atoms with Crippen LogP contribution in [0.3, 0.4) is 0 Å². The van der Waals surface area contributed by atoms with Crippen LogP contribution in [0.25, 0.3) is 11.3 Å². The highest BCUT2D eigenvalue weighted by molar-refractivity contribution is 9.10. The summed E-state index contributed by atoms with van der Waals surface area (Å²) in [6, 6.07) is 15.9. The summed E-state index contributed by atoms with van der Waals surface area (Å²) in [5, 5.41) is 6.57. The van der Waals surface area contributed by atoms with Crippen LogP contribution >= 0.6 is 15.9 Å². The fourth-order valence-electron chi connectivity index (χ4n) is 4.52. The van der Waals surface area contributed by atoms with E-state index in [0.717, 1.165) is 64.3 Å². The van der Waals surface area contributed by atoms with E-state index in [-0.39, 0.29) is 11.2 Å². The molecule has 3 aliphatic rings. The molecule has 1 atom stereocenters. The topological polar surface area (TPSA) is 71.5 Å². The van der Waals surface area contributed by atoms with Gasteiger partial charge >= 0.3 is 0 Å². The Morgan fingerprint density at radius 1 is 0.919 bits per heavy atom. The lowest BCUT2D eigenvalue weighted by atomic mass is 10.1. The molecule has 196 valence electrons. The predicted molar refractivity (Wildman–Crippen MR) is 150 cm³/mol. The normalized spacial score (nSPS) is 20.6. The molecule has 6 rings (SSSR count). The minimum Gasteiger partial charge on any atom is -0.482 e. The van der Waals surface area contributed by atoms with Crippen LogP contribution in [0.2, 0.25) is 0 Å². The number of halogens is 2. The van der Waals surface area contributed by atoms with Gasteiger partial charge in [-0.05, 0) is 86.4 Å². The number of pyridine rings is 2. The first-order valence-corrected chi connectivity index (χ1v) is 13.4. The number of hydrogen-bond acceptors (Lipinski definition) is 7. The Balaban J connectivity index is 0.000000182. The highest BCUT2D eigenvalue weighted by Crippen LogP contribution is 2.35. The highest BCUT2D eigenvalue weighted by Gasteiger charge is 2.28. The van der Waals surface area contributed by atoms with Crippen LogP contribution in [0.4, 0.5) is 21.7 Å². The zero-order valence-corrected chi connectivity index (χ0v) is 23.2. The second kappa shape index (κ2) is 10.0. The maximum atomic E-state index is 13.5. The van der Waals surface area contributed by atoms with Crippen LogP contribution in [0.5, 0.6) is 11.5 Å². The zero-order valence-electron chi connectivity index (χ0n) is 21.6. The molecule has 0 spiro atoms. The predicted octanol–water partition coefficient (Wildman–Crippen LogP) is 6.31. The number of ether oxygens (including phenoxy) is 2. The van der Waals surface area contributed by atoms with Gasteiger partial charge in [0, 0.05) is 24.3 Å². The summed E-state index contributed by atoms with van der Waals surface area (Å²) in [6.45, 7) is 10.9. The summed E-state index contributed by atoms with van der Waals surface area (Å²) >= 11 is 3.31. The first kappa shape index (κ1) is 25.6. The third-order valence-corrected chi connectivity index (χ3v) is 6.90. The number of rotatable bonds is 2. The fraction of sp³-hybridized carbons (Fsp3) is 0.429. The van der Waals surface area contributed by atoms with Crippen LogP contribution < -0.4 is 25.0 Å². The van der Waals surface area contributed by atoms with Crippen molar-refractivity contribution in [2.45, 2.75) is 51.5 Å². The molecule has 2 aromatic heterocycles. The molecule has 37 heavy (non-hydrogen) atoms. The van der Waals surface area contributed by atoms with Gasteiger partial charge in [0.05, 0.1) is 18.8 Å². The molecule has 1 saturated heterocycles. The van der Waals surface area contributed by atoms with Crippen LogP contribution in [0.15, 0.2) is 53.1 Å². The van der Waals surface area contributed by atoms with Gasteiger partial charge in [-0.15, -0.1) is 0 Å². The molecule has 0 bridgehead atoms. The fourth-order valence-corrected chi connectivity index (χ4v) is 4.83. The molecule has 1 fully saturated rings. The molecule has 7 nitrogen and oxygen atoms in total. The van der Waals surface area contributed by atoms with Gasteiger partial charge in [-0.3, -0.25) is 0 Å². The van der Waals surface area contributed by atoms with Gasteiger partial charge in [-0.1, -0.05) is 12.1 Å². The molecule has 3 aromatic rings. The number of benzene rings is 1. The Labute approximate surface area is 225 Å². The second-order valence-electron chi connectivity index (χ2n) is 10.8. The third-order valence-electron chi connectivity index (χ3n) is 6.46. The first-order chi connectivity index (χ1) is 17.6. The van der Waals surface area contributed by atoms with Gasteiger partial charge in [0.2, 0.25) is 0 Å². The molecule has 0 unspecified atom stereocenters. The SMILES string of the molecule is CC1(C)CNc2nc(-c3cccc(N4CC[C@H](F)C4)c3)ccc2O1.CC1(C)CNc2nc(Br)ccc2O1. The number of fused-ring (bicyclic) bond motifs is 2. The molecule has 1 aromatic carbocycles. The summed E-state index contributed by atoms with van der Waals surface area (Å²) in [4.78, 5) is 11.1.